The standard InChI is InChI=1S/C7H15N3/c8-7-2-4-9-5-6(7)1-3-10-7/h6,9-10H,1-5,8H2/t6?,7-/m0/s1. The number of nitrogens with one attached hydrogen (secondary N) is 2. The summed E-state index contributed by atoms with van der Waals surface area (Å²) in [5.74, 6) is 0.668. The zero-order valence-corrected chi connectivity index (χ0v) is 6.19. The molecule has 58 valence electrons. The first kappa shape index (κ1) is 6.58. The minimum Gasteiger partial charge on any atom is -0.316 e. The Morgan fingerprint density at radius 2 is 2.30 bits per heavy atom. The van der Waals surface area contributed by atoms with Crippen LogP contribution in [0.15, 0.2) is 0 Å². The topological polar surface area (TPSA) is 50.1 Å². The van der Waals surface area contributed by atoms with Crippen LogP contribution in [0.2, 0.25) is 0 Å². The molecule has 2 fully saturated rings. The van der Waals surface area contributed by atoms with Crippen molar-refractivity contribution in [1.29, 1.82) is 0 Å². The first-order valence-corrected chi connectivity index (χ1v) is 4.06. The van der Waals surface area contributed by atoms with Gasteiger partial charge in [0.1, 0.15) is 0 Å². The van der Waals surface area contributed by atoms with E-state index in [9.17, 15) is 0 Å². The van der Waals surface area contributed by atoms with E-state index < -0.39 is 0 Å². The van der Waals surface area contributed by atoms with Crippen molar-refractivity contribution in [3.05, 3.63) is 0 Å². The molecule has 0 aromatic heterocycles. The first-order chi connectivity index (χ1) is 4.81. The lowest BCUT2D eigenvalue weighted by molar-refractivity contribution is 0.219. The third-order valence-corrected chi connectivity index (χ3v) is 2.78. The molecule has 3 heteroatoms. The van der Waals surface area contributed by atoms with Gasteiger partial charge < -0.3 is 11.1 Å². The van der Waals surface area contributed by atoms with E-state index in [2.05, 4.69) is 10.6 Å². The molecule has 2 atom stereocenters. The number of hydrogen-bond acceptors (Lipinski definition) is 3. The smallest absolute Gasteiger partial charge is 0.0715 e. The highest BCUT2D eigenvalue weighted by molar-refractivity contribution is 4.98. The van der Waals surface area contributed by atoms with Gasteiger partial charge >= 0.3 is 0 Å². The molecule has 0 amide bonds. The second kappa shape index (κ2) is 2.19. The number of hydrogen-bond donors (Lipinski definition) is 3. The lowest BCUT2D eigenvalue weighted by Crippen LogP contribution is -2.60. The Morgan fingerprint density at radius 1 is 1.40 bits per heavy atom. The number of fused-ring (bicyclic) bond motifs is 1. The summed E-state index contributed by atoms with van der Waals surface area (Å²) in [6, 6.07) is 0. The van der Waals surface area contributed by atoms with Gasteiger partial charge in [-0.2, -0.15) is 0 Å². The lowest BCUT2D eigenvalue weighted by Gasteiger charge is -2.36. The van der Waals surface area contributed by atoms with Crippen molar-refractivity contribution in [3.63, 3.8) is 0 Å². The summed E-state index contributed by atoms with van der Waals surface area (Å²) in [6.07, 6.45) is 2.32. The van der Waals surface area contributed by atoms with Crippen LogP contribution in [0.4, 0.5) is 0 Å². The molecule has 2 aliphatic heterocycles. The molecular weight excluding hydrogens is 126 g/mol. The third kappa shape index (κ3) is 0.856. The molecule has 0 aromatic carbocycles. The highest BCUT2D eigenvalue weighted by atomic mass is 15.2. The Labute approximate surface area is 61.4 Å². The summed E-state index contributed by atoms with van der Waals surface area (Å²) >= 11 is 0. The Morgan fingerprint density at radius 3 is 3.10 bits per heavy atom. The zero-order valence-electron chi connectivity index (χ0n) is 6.19. The Kier molecular flexibility index (Phi) is 1.44. The van der Waals surface area contributed by atoms with E-state index in [1.807, 2.05) is 0 Å². The second-order valence-electron chi connectivity index (χ2n) is 3.41. The van der Waals surface area contributed by atoms with Crippen molar-refractivity contribution in [1.82, 2.24) is 10.6 Å². The number of piperidine rings is 1. The maximum Gasteiger partial charge on any atom is 0.0715 e. The van der Waals surface area contributed by atoms with E-state index in [-0.39, 0.29) is 5.66 Å². The number of nitrogens with two attached hydrogens (primary N) is 1. The monoisotopic (exact) mass is 141 g/mol. The maximum atomic E-state index is 6.11. The minimum atomic E-state index is -0.0226. The molecule has 0 bridgehead atoms. The molecule has 0 saturated carbocycles. The van der Waals surface area contributed by atoms with E-state index >= 15 is 0 Å². The van der Waals surface area contributed by atoms with Crippen molar-refractivity contribution >= 4 is 0 Å². The van der Waals surface area contributed by atoms with Crippen LogP contribution in [0.25, 0.3) is 0 Å². The second-order valence-corrected chi connectivity index (χ2v) is 3.41. The van der Waals surface area contributed by atoms with Crippen molar-refractivity contribution in [2.75, 3.05) is 19.6 Å². The van der Waals surface area contributed by atoms with Crippen molar-refractivity contribution in [2.24, 2.45) is 11.7 Å². The molecule has 2 aliphatic rings. The summed E-state index contributed by atoms with van der Waals surface area (Å²) in [5, 5.41) is 6.73. The van der Waals surface area contributed by atoms with Crippen LogP contribution in [0, 0.1) is 5.92 Å². The van der Waals surface area contributed by atoms with Crippen LogP contribution >= 0.6 is 0 Å². The molecule has 0 aromatic rings. The molecule has 10 heavy (non-hydrogen) atoms. The highest BCUT2D eigenvalue weighted by Gasteiger charge is 2.40. The van der Waals surface area contributed by atoms with E-state index in [0.717, 1.165) is 26.1 Å². The van der Waals surface area contributed by atoms with E-state index in [1.165, 1.54) is 6.42 Å². The third-order valence-electron chi connectivity index (χ3n) is 2.78. The normalized spacial score (nSPS) is 47.1. The number of rotatable bonds is 0. The van der Waals surface area contributed by atoms with Crippen molar-refractivity contribution in [3.8, 4) is 0 Å². The van der Waals surface area contributed by atoms with Crippen molar-refractivity contribution < 1.29 is 0 Å². The molecule has 0 radical (unpaired) electrons. The minimum absolute atomic E-state index is 0.0226. The van der Waals surface area contributed by atoms with E-state index in [0.29, 0.717) is 5.92 Å². The van der Waals surface area contributed by atoms with E-state index in [4.69, 9.17) is 5.73 Å². The lowest BCUT2D eigenvalue weighted by atomic mass is 9.89. The Balaban J connectivity index is 2.10. The maximum absolute atomic E-state index is 6.11. The van der Waals surface area contributed by atoms with Gasteiger partial charge in [0.2, 0.25) is 0 Å². The quantitative estimate of drug-likeness (QED) is 0.416. The Hall–Kier alpha value is -0.120. The van der Waals surface area contributed by atoms with E-state index in [1.54, 1.807) is 0 Å². The molecule has 0 spiro atoms. The van der Waals surface area contributed by atoms with Crippen LogP contribution in [-0.2, 0) is 0 Å². The van der Waals surface area contributed by atoms with Gasteiger partial charge in [-0.25, -0.2) is 0 Å². The van der Waals surface area contributed by atoms with Crippen molar-refractivity contribution in [2.45, 2.75) is 18.5 Å². The molecule has 1 unspecified atom stereocenters. The van der Waals surface area contributed by atoms with Gasteiger partial charge in [-0.15, -0.1) is 0 Å². The fourth-order valence-electron chi connectivity index (χ4n) is 2.03. The van der Waals surface area contributed by atoms with Crippen LogP contribution in [0.3, 0.4) is 0 Å². The molecule has 2 rings (SSSR count). The van der Waals surface area contributed by atoms with Gasteiger partial charge in [-0.3, -0.25) is 5.32 Å². The highest BCUT2D eigenvalue weighted by Crippen LogP contribution is 2.26. The molecule has 2 saturated heterocycles. The molecule has 4 N–H and O–H groups in total. The molecular formula is C7H15N3. The average Bonchev–Trinajstić information content (AvgIpc) is 2.29. The zero-order chi connectivity index (χ0) is 7.03. The summed E-state index contributed by atoms with van der Waals surface area (Å²) in [7, 11) is 0. The largest absolute Gasteiger partial charge is 0.316 e. The summed E-state index contributed by atoms with van der Waals surface area (Å²) < 4.78 is 0. The molecule has 3 nitrogen and oxygen atoms in total. The molecule has 0 aliphatic carbocycles. The first-order valence-electron chi connectivity index (χ1n) is 4.06. The van der Waals surface area contributed by atoms with Gasteiger partial charge in [0.15, 0.2) is 0 Å². The van der Waals surface area contributed by atoms with Gasteiger partial charge in [0, 0.05) is 12.5 Å². The van der Waals surface area contributed by atoms with Gasteiger partial charge in [0.25, 0.3) is 0 Å². The SMILES string of the molecule is N[C@]12CCNCC1CCN2. The predicted molar refractivity (Wildman–Crippen MR) is 40.5 cm³/mol. The van der Waals surface area contributed by atoms with Crippen LogP contribution < -0.4 is 16.4 Å². The van der Waals surface area contributed by atoms with Crippen LogP contribution in [-0.4, -0.2) is 25.3 Å². The fourth-order valence-corrected chi connectivity index (χ4v) is 2.03. The molecule has 2 heterocycles. The summed E-state index contributed by atoms with van der Waals surface area (Å²) in [4.78, 5) is 0. The predicted octanol–water partition coefficient (Wildman–Crippen LogP) is -0.756. The van der Waals surface area contributed by atoms with Gasteiger partial charge in [-0.1, -0.05) is 0 Å². The summed E-state index contributed by atoms with van der Waals surface area (Å²) in [6.45, 7) is 3.27. The fraction of sp³-hybridized carbons (Fsp3) is 1.00. The summed E-state index contributed by atoms with van der Waals surface area (Å²) in [5.41, 5.74) is 6.09. The average molecular weight is 141 g/mol. The van der Waals surface area contributed by atoms with Crippen LogP contribution in [0.1, 0.15) is 12.8 Å². The van der Waals surface area contributed by atoms with Crippen LogP contribution in [0.5, 0.6) is 0 Å². The Bertz CT molecular complexity index is 137. The van der Waals surface area contributed by atoms with Gasteiger partial charge in [0.05, 0.1) is 5.66 Å². The van der Waals surface area contributed by atoms with Gasteiger partial charge in [-0.05, 0) is 25.9 Å².